The first-order valence-corrected chi connectivity index (χ1v) is 6.88. The Morgan fingerprint density at radius 1 is 1.23 bits per heavy atom. The maximum atomic E-state index is 12.3. The fourth-order valence-electron chi connectivity index (χ4n) is 2.09. The third-order valence-electron chi connectivity index (χ3n) is 3.04. The van der Waals surface area contributed by atoms with E-state index in [1.54, 1.807) is 12.3 Å². The molecule has 0 saturated heterocycles. The SMILES string of the molecule is CN(C)CCCNc1ccnc2ccc(OC(F)(F)F)cc12. The van der Waals surface area contributed by atoms with Gasteiger partial charge in [-0.15, -0.1) is 13.2 Å². The van der Waals surface area contributed by atoms with E-state index >= 15 is 0 Å². The van der Waals surface area contributed by atoms with Gasteiger partial charge >= 0.3 is 6.36 Å². The van der Waals surface area contributed by atoms with Crippen LogP contribution in [0.25, 0.3) is 10.9 Å². The minimum absolute atomic E-state index is 0.246. The smallest absolute Gasteiger partial charge is 0.406 e. The predicted octanol–water partition coefficient (Wildman–Crippen LogP) is 3.50. The highest BCUT2D eigenvalue weighted by Crippen LogP contribution is 2.29. The van der Waals surface area contributed by atoms with Gasteiger partial charge in [0.15, 0.2) is 0 Å². The first-order valence-electron chi connectivity index (χ1n) is 6.88. The summed E-state index contributed by atoms with van der Waals surface area (Å²) in [6.07, 6.45) is -2.15. The molecule has 2 rings (SSSR count). The summed E-state index contributed by atoms with van der Waals surface area (Å²) in [5.74, 6) is -0.246. The molecule has 1 heterocycles. The molecule has 1 N–H and O–H groups in total. The summed E-state index contributed by atoms with van der Waals surface area (Å²) >= 11 is 0. The van der Waals surface area contributed by atoms with Crippen LogP contribution in [0.4, 0.5) is 18.9 Å². The fourth-order valence-corrected chi connectivity index (χ4v) is 2.09. The number of pyridine rings is 1. The standard InChI is InChI=1S/C15H18F3N3O/c1-21(2)9-3-7-19-14-6-8-20-13-5-4-11(10-12(13)14)22-15(16,17)18/h4-6,8,10H,3,7,9H2,1-2H3,(H,19,20). The lowest BCUT2D eigenvalue weighted by atomic mass is 10.1. The van der Waals surface area contributed by atoms with Gasteiger partial charge in [0.05, 0.1) is 5.52 Å². The Hall–Kier alpha value is -2.02. The van der Waals surface area contributed by atoms with E-state index in [0.717, 1.165) is 25.2 Å². The predicted molar refractivity (Wildman–Crippen MR) is 80.1 cm³/mol. The molecule has 0 unspecified atom stereocenters. The van der Waals surface area contributed by atoms with E-state index in [4.69, 9.17) is 0 Å². The largest absolute Gasteiger partial charge is 0.573 e. The van der Waals surface area contributed by atoms with Crippen LogP contribution in [0.1, 0.15) is 6.42 Å². The Morgan fingerprint density at radius 2 is 2.00 bits per heavy atom. The van der Waals surface area contributed by atoms with Crippen LogP contribution in [-0.4, -0.2) is 43.4 Å². The van der Waals surface area contributed by atoms with E-state index in [1.165, 1.54) is 18.2 Å². The zero-order valence-electron chi connectivity index (χ0n) is 12.4. The molecule has 120 valence electrons. The maximum Gasteiger partial charge on any atom is 0.573 e. The lowest BCUT2D eigenvalue weighted by molar-refractivity contribution is -0.274. The van der Waals surface area contributed by atoms with Crippen LogP contribution in [0.15, 0.2) is 30.5 Å². The number of fused-ring (bicyclic) bond motifs is 1. The molecule has 0 aliphatic heterocycles. The van der Waals surface area contributed by atoms with Crippen molar-refractivity contribution >= 4 is 16.6 Å². The molecule has 0 aliphatic carbocycles. The van der Waals surface area contributed by atoms with Gasteiger partial charge in [0.25, 0.3) is 0 Å². The molecule has 0 saturated carbocycles. The number of hydrogen-bond acceptors (Lipinski definition) is 4. The second-order valence-corrected chi connectivity index (χ2v) is 5.17. The molecule has 1 aromatic heterocycles. The third kappa shape index (κ3) is 4.77. The Kier molecular flexibility index (Phi) is 5.07. The van der Waals surface area contributed by atoms with Gasteiger partial charge in [0, 0.05) is 23.8 Å². The Morgan fingerprint density at radius 3 is 2.68 bits per heavy atom. The van der Waals surface area contributed by atoms with Crippen molar-refractivity contribution in [3.63, 3.8) is 0 Å². The van der Waals surface area contributed by atoms with E-state index in [9.17, 15) is 13.2 Å². The number of anilines is 1. The third-order valence-corrected chi connectivity index (χ3v) is 3.04. The van der Waals surface area contributed by atoms with Crippen molar-refractivity contribution in [2.24, 2.45) is 0 Å². The molecule has 1 aromatic carbocycles. The van der Waals surface area contributed by atoms with Crippen molar-refractivity contribution < 1.29 is 17.9 Å². The minimum atomic E-state index is -4.70. The molecule has 0 aliphatic rings. The van der Waals surface area contributed by atoms with Crippen molar-refractivity contribution in [2.75, 3.05) is 32.5 Å². The number of rotatable bonds is 6. The topological polar surface area (TPSA) is 37.4 Å². The second kappa shape index (κ2) is 6.83. The number of nitrogens with one attached hydrogen (secondary N) is 1. The van der Waals surface area contributed by atoms with Crippen LogP contribution in [0.3, 0.4) is 0 Å². The summed E-state index contributed by atoms with van der Waals surface area (Å²) in [6, 6.07) is 5.87. The van der Waals surface area contributed by atoms with Crippen LogP contribution in [0, 0.1) is 0 Å². The molecule has 0 radical (unpaired) electrons. The fraction of sp³-hybridized carbons (Fsp3) is 0.400. The summed E-state index contributed by atoms with van der Waals surface area (Å²) in [4.78, 5) is 6.22. The monoisotopic (exact) mass is 313 g/mol. The van der Waals surface area contributed by atoms with Crippen molar-refractivity contribution in [1.82, 2.24) is 9.88 Å². The van der Waals surface area contributed by atoms with Gasteiger partial charge in [-0.2, -0.15) is 0 Å². The lowest BCUT2D eigenvalue weighted by Crippen LogP contribution is -2.17. The molecular weight excluding hydrogens is 295 g/mol. The van der Waals surface area contributed by atoms with Gasteiger partial charge in [-0.3, -0.25) is 4.98 Å². The van der Waals surface area contributed by atoms with Gasteiger partial charge in [0.2, 0.25) is 0 Å². The minimum Gasteiger partial charge on any atom is -0.406 e. The molecule has 0 bridgehead atoms. The summed E-state index contributed by atoms with van der Waals surface area (Å²) in [5.41, 5.74) is 1.36. The van der Waals surface area contributed by atoms with Gasteiger partial charge < -0.3 is 15.0 Å². The quantitative estimate of drug-likeness (QED) is 0.828. The number of hydrogen-bond donors (Lipinski definition) is 1. The lowest BCUT2D eigenvalue weighted by Gasteiger charge is -2.13. The number of ether oxygens (including phenoxy) is 1. The zero-order valence-corrected chi connectivity index (χ0v) is 12.4. The van der Waals surface area contributed by atoms with E-state index in [-0.39, 0.29) is 5.75 Å². The highest BCUT2D eigenvalue weighted by Gasteiger charge is 2.31. The molecule has 0 spiro atoms. The Labute approximate surface area is 126 Å². The van der Waals surface area contributed by atoms with Crippen LogP contribution in [-0.2, 0) is 0 Å². The molecule has 22 heavy (non-hydrogen) atoms. The first-order chi connectivity index (χ1) is 10.3. The average Bonchev–Trinajstić information content (AvgIpc) is 2.42. The van der Waals surface area contributed by atoms with Crippen molar-refractivity contribution in [2.45, 2.75) is 12.8 Å². The average molecular weight is 313 g/mol. The number of nitrogens with zero attached hydrogens (tertiary/aromatic N) is 2. The molecule has 0 atom stereocenters. The van der Waals surface area contributed by atoms with E-state index in [0.29, 0.717) is 10.9 Å². The molecule has 4 nitrogen and oxygen atoms in total. The van der Waals surface area contributed by atoms with Gasteiger partial charge in [-0.05, 0) is 51.3 Å². The first kappa shape index (κ1) is 16.4. The highest BCUT2D eigenvalue weighted by atomic mass is 19.4. The second-order valence-electron chi connectivity index (χ2n) is 5.17. The molecule has 0 fully saturated rings. The van der Waals surface area contributed by atoms with Crippen LogP contribution < -0.4 is 10.1 Å². The van der Waals surface area contributed by atoms with Gasteiger partial charge in [0.1, 0.15) is 5.75 Å². The number of alkyl halides is 3. The molecular formula is C15H18F3N3O. The molecule has 7 heteroatoms. The summed E-state index contributed by atoms with van der Waals surface area (Å²) in [5, 5.41) is 3.84. The van der Waals surface area contributed by atoms with Crippen molar-refractivity contribution in [1.29, 1.82) is 0 Å². The van der Waals surface area contributed by atoms with E-state index < -0.39 is 6.36 Å². The zero-order chi connectivity index (χ0) is 16.2. The maximum absolute atomic E-state index is 12.3. The highest BCUT2D eigenvalue weighted by molar-refractivity contribution is 5.92. The van der Waals surface area contributed by atoms with Crippen molar-refractivity contribution in [3.05, 3.63) is 30.5 Å². The number of aromatic nitrogens is 1. The Balaban J connectivity index is 2.17. The molecule has 2 aromatic rings. The number of benzene rings is 1. The van der Waals surface area contributed by atoms with E-state index in [2.05, 4.69) is 19.9 Å². The van der Waals surface area contributed by atoms with Gasteiger partial charge in [-0.1, -0.05) is 0 Å². The normalized spacial score (nSPS) is 11.9. The van der Waals surface area contributed by atoms with E-state index in [1.807, 2.05) is 14.1 Å². The van der Waals surface area contributed by atoms with Crippen LogP contribution >= 0.6 is 0 Å². The summed E-state index contributed by atoms with van der Waals surface area (Å²) < 4.78 is 40.9. The molecule has 0 amide bonds. The summed E-state index contributed by atoms with van der Waals surface area (Å²) in [7, 11) is 3.98. The van der Waals surface area contributed by atoms with Crippen LogP contribution in [0.2, 0.25) is 0 Å². The van der Waals surface area contributed by atoms with Gasteiger partial charge in [-0.25, -0.2) is 0 Å². The Bertz CT molecular complexity index is 629. The number of halogens is 3. The van der Waals surface area contributed by atoms with Crippen molar-refractivity contribution in [3.8, 4) is 5.75 Å². The van der Waals surface area contributed by atoms with Crippen LogP contribution in [0.5, 0.6) is 5.75 Å². The summed E-state index contributed by atoms with van der Waals surface area (Å²) in [6.45, 7) is 1.65.